The number of nitrogens with one attached hydrogen (secondary N) is 2. The van der Waals surface area contributed by atoms with E-state index >= 15 is 0 Å². The van der Waals surface area contributed by atoms with Crippen molar-refractivity contribution in [2.45, 2.75) is 27.3 Å². The molecule has 0 fully saturated rings. The van der Waals surface area contributed by atoms with Crippen molar-refractivity contribution in [2.75, 3.05) is 11.9 Å². The van der Waals surface area contributed by atoms with Gasteiger partial charge in [-0.2, -0.15) is 0 Å². The number of carbonyl (C=O) groups is 1. The SMILES string of the molecule is CCNC(=O)c1ccc(NCc2ccc(C)cc2C)cc1. The minimum Gasteiger partial charge on any atom is -0.381 e. The van der Waals surface area contributed by atoms with Crippen molar-refractivity contribution in [2.24, 2.45) is 0 Å². The summed E-state index contributed by atoms with van der Waals surface area (Å²) in [6.07, 6.45) is 0. The number of benzene rings is 2. The van der Waals surface area contributed by atoms with Crippen LogP contribution >= 0.6 is 0 Å². The lowest BCUT2D eigenvalue weighted by Gasteiger charge is -2.10. The van der Waals surface area contributed by atoms with Crippen molar-refractivity contribution in [3.63, 3.8) is 0 Å². The number of hydrogen-bond acceptors (Lipinski definition) is 2. The van der Waals surface area contributed by atoms with E-state index in [-0.39, 0.29) is 5.91 Å². The van der Waals surface area contributed by atoms with Gasteiger partial charge in [-0.15, -0.1) is 0 Å². The predicted octanol–water partition coefficient (Wildman–Crippen LogP) is 3.67. The standard InChI is InChI=1S/C18H22N2O/c1-4-19-18(21)15-7-9-17(10-8-15)20-12-16-6-5-13(2)11-14(16)3/h5-11,20H,4,12H2,1-3H3,(H,19,21). The highest BCUT2D eigenvalue weighted by Crippen LogP contribution is 2.14. The Kier molecular flexibility index (Phi) is 4.99. The van der Waals surface area contributed by atoms with Gasteiger partial charge in [-0.1, -0.05) is 23.8 Å². The molecule has 3 nitrogen and oxygen atoms in total. The molecule has 21 heavy (non-hydrogen) atoms. The van der Waals surface area contributed by atoms with Gasteiger partial charge < -0.3 is 10.6 Å². The van der Waals surface area contributed by atoms with E-state index in [2.05, 4.69) is 42.7 Å². The second-order valence-electron chi connectivity index (χ2n) is 5.22. The van der Waals surface area contributed by atoms with Gasteiger partial charge in [-0.25, -0.2) is 0 Å². The Hall–Kier alpha value is -2.29. The lowest BCUT2D eigenvalue weighted by molar-refractivity contribution is 0.0956. The number of carbonyl (C=O) groups excluding carboxylic acids is 1. The molecule has 3 heteroatoms. The van der Waals surface area contributed by atoms with Crippen molar-refractivity contribution in [1.82, 2.24) is 5.32 Å². The summed E-state index contributed by atoms with van der Waals surface area (Å²) in [4.78, 5) is 11.7. The number of hydrogen-bond donors (Lipinski definition) is 2. The van der Waals surface area contributed by atoms with Gasteiger partial charge in [0.2, 0.25) is 0 Å². The van der Waals surface area contributed by atoms with Crippen LogP contribution < -0.4 is 10.6 Å². The smallest absolute Gasteiger partial charge is 0.251 e. The predicted molar refractivity (Wildman–Crippen MR) is 87.7 cm³/mol. The maximum absolute atomic E-state index is 11.7. The van der Waals surface area contributed by atoms with Crippen molar-refractivity contribution in [1.29, 1.82) is 0 Å². The maximum Gasteiger partial charge on any atom is 0.251 e. The van der Waals surface area contributed by atoms with Gasteiger partial charge in [-0.05, 0) is 56.2 Å². The van der Waals surface area contributed by atoms with Crippen LogP contribution in [-0.2, 0) is 6.54 Å². The topological polar surface area (TPSA) is 41.1 Å². The molecule has 0 radical (unpaired) electrons. The fourth-order valence-corrected chi connectivity index (χ4v) is 2.24. The van der Waals surface area contributed by atoms with Gasteiger partial charge in [0.15, 0.2) is 0 Å². The summed E-state index contributed by atoms with van der Waals surface area (Å²) < 4.78 is 0. The molecule has 2 rings (SSSR count). The van der Waals surface area contributed by atoms with E-state index < -0.39 is 0 Å². The largest absolute Gasteiger partial charge is 0.381 e. The zero-order valence-corrected chi connectivity index (χ0v) is 12.9. The Morgan fingerprint density at radius 1 is 1.05 bits per heavy atom. The number of rotatable bonds is 5. The highest BCUT2D eigenvalue weighted by Gasteiger charge is 2.03. The van der Waals surface area contributed by atoms with E-state index in [1.165, 1.54) is 16.7 Å². The highest BCUT2D eigenvalue weighted by atomic mass is 16.1. The molecule has 0 spiro atoms. The molecule has 0 unspecified atom stereocenters. The van der Waals surface area contributed by atoms with E-state index in [0.29, 0.717) is 12.1 Å². The molecular formula is C18H22N2O. The van der Waals surface area contributed by atoms with Crippen LogP contribution in [-0.4, -0.2) is 12.5 Å². The summed E-state index contributed by atoms with van der Waals surface area (Å²) in [7, 11) is 0. The summed E-state index contributed by atoms with van der Waals surface area (Å²) in [5.74, 6) is -0.0292. The number of amides is 1. The molecule has 0 bridgehead atoms. The third kappa shape index (κ3) is 4.09. The van der Waals surface area contributed by atoms with Crippen LogP contribution in [0, 0.1) is 13.8 Å². The van der Waals surface area contributed by atoms with Gasteiger partial charge in [0.1, 0.15) is 0 Å². The molecule has 0 aliphatic heterocycles. The molecule has 0 saturated carbocycles. The molecule has 0 atom stereocenters. The van der Waals surface area contributed by atoms with Crippen LogP contribution in [0.4, 0.5) is 5.69 Å². The maximum atomic E-state index is 11.7. The molecule has 110 valence electrons. The third-order valence-corrected chi connectivity index (χ3v) is 3.47. The molecule has 0 aliphatic rings. The van der Waals surface area contributed by atoms with E-state index in [0.717, 1.165) is 12.2 Å². The number of anilines is 1. The van der Waals surface area contributed by atoms with E-state index in [4.69, 9.17) is 0 Å². The van der Waals surface area contributed by atoms with Crippen LogP contribution in [0.5, 0.6) is 0 Å². The van der Waals surface area contributed by atoms with Crippen LogP contribution in [0.2, 0.25) is 0 Å². The Morgan fingerprint density at radius 3 is 2.38 bits per heavy atom. The zero-order chi connectivity index (χ0) is 15.2. The lowest BCUT2D eigenvalue weighted by Crippen LogP contribution is -2.22. The normalized spacial score (nSPS) is 10.2. The second-order valence-corrected chi connectivity index (χ2v) is 5.22. The van der Waals surface area contributed by atoms with Gasteiger partial charge >= 0.3 is 0 Å². The molecule has 0 aliphatic carbocycles. The summed E-state index contributed by atoms with van der Waals surface area (Å²) in [6, 6.07) is 14.0. The van der Waals surface area contributed by atoms with Gasteiger partial charge in [-0.3, -0.25) is 4.79 Å². The molecule has 0 aromatic heterocycles. The molecule has 2 aromatic carbocycles. The Labute approximate surface area is 126 Å². The van der Waals surface area contributed by atoms with E-state index in [1.807, 2.05) is 31.2 Å². The molecule has 0 saturated heterocycles. The second kappa shape index (κ2) is 6.93. The fourth-order valence-electron chi connectivity index (χ4n) is 2.24. The molecule has 2 aromatic rings. The Bertz CT molecular complexity index is 618. The Balaban J connectivity index is 1.99. The summed E-state index contributed by atoms with van der Waals surface area (Å²) in [5.41, 5.74) is 5.56. The van der Waals surface area contributed by atoms with E-state index in [1.54, 1.807) is 0 Å². The van der Waals surface area contributed by atoms with Crippen molar-refractivity contribution in [3.8, 4) is 0 Å². The van der Waals surface area contributed by atoms with Crippen LogP contribution in [0.15, 0.2) is 42.5 Å². The van der Waals surface area contributed by atoms with Crippen molar-refractivity contribution in [3.05, 3.63) is 64.7 Å². The third-order valence-electron chi connectivity index (χ3n) is 3.47. The average molecular weight is 282 g/mol. The zero-order valence-electron chi connectivity index (χ0n) is 12.9. The highest BCUT2D eigenvalue weighted by molar-refractivity contribution is 5.94. The van der Waals surface area contributed by atoms with Gasteiger partial charge in [0, 0.05) is 24.3 Å². The first-order chi connectivity index (χ1) is 10.1. The summed E-state index contributed by atoms with van der Waals surface area (Å²) >= 11 is 0. The molecule has 2 N–H and O–H groups in total. The minimum absolute atomic E-state index is 0.0292. The Morgan fingerprint density at radius 2 is 1.76 bits per heavy atom. The first kappa shape index (κ1) is 15.1. The first-order valence-electron chi connectivity index (χ1n) is 7.28. The first-order valence-corrected chi connectivity index (χ1v) is 7.28. The van der Waals surface area contributed by atoms with Crippen molar-refractivity contribution < 1.29 is 4.79 Å². The average Bonchev–Trinajstić information content (AvgIpc) is 2.47. The summed E-state index contributed by atoms with van der Waals surface area (Å²) in [5, 5.41) is 6.18. The van der Waals surface area contributed by atoms with Crippen LogP contribution in [0.3, 0.4) is 0 Å². The van der Waals surface area contributed by atoms with E-state index in [9.17, 15) is 4.79 Å². The number of aryl methyl sites for hydroxylation is 2. The van der Waals surface area contributed by atoms with Crippen LogP contribution in [0.25, 0.3) is 0 Å². The molecule has 1 amide bonds. The fraction of sp³-hybridized carbons (Fsp3) is 0.278. The monoisotopic (exact) mass is 282 g/mol. The summed E-state index contributed by atoms with van der Waals surface area (Å²) in [6.45, 7) is 7.57. The lowest BCUT2D eigenvalue weighted by atomic mass is 10.1. The van der Waals surface area contributed by atoms with Crippen LogP contribution in [0.1, 0.15) is 34.0 Å². The minimum atomic E-state index is -0.0292. The van der Waals surface area contributed by atoms with Crippen molar-refractivity contribution >= 4 is 11.6 Å². The molecular weight excluding hydrogens is 260 g/mol. The molecule has 0 heterocycles. The van der Waals surface area contributed by atoms with Gasteiger partial charge in [0.05, 0.1) is 0 Å². The van der Waals surface area contributed by atoms with Gasteiger partial charge in [0.25, 0.3) is 5.91 Å². The quantitative estimate of drug-likeness (QED) is 0.878.